The summed E-state index contributed by atoms with van der Waals surface area (Å²) >= 11 is 3.51. The van der Waals surface area contributed by atoms with Crippen LogP contribution in [0.4, 0.5) is 5.69 Å². The van der Waals surface area contributed by atoms with E-state index in [1.807, 2.05) is 36.4 Å². The van der Waals surface area contributed by atoms with Crippen LogP contribution in [0.25, 0.3) is 10.9 Å². The molecule has 1 atom stereocenters. The zero-order chi connectivity index (χ0) is 18.1. The van der Waals surface area contributed by atoms with Crippen molar-refractivity contribution in [2.24, 2.45) is 0 Å². The second kappa shape index (κ2) is 5.20. The van der Waals surface area contributed by atoms with Gasteiger partial charge < -0.3 is 15.2 Å². The molecule has 1 spiro atoms. The highest BCUT2D eigenvalue weighted by Crippen LogP contribution is 2.50. The van der Waals surface area contributed by atoms with E-state index in [1.165, 1.54) is 6.92 Å². The SMILES string of the molecule is CC(=O)N1CCc2c([nH]c3ccccc23)[C@]12C(=O)Nc1ccc(Br)cc12. The molecular formula is C20H16BrN3O2. The third-order valence-electron chi connectivity index (χ3n) is 5.49. The van der Waals surface area contributed by atoms with Crippen LogP contribution in [0, 0.1) is 0 Å². The van der Waals surface area contributed by atoms with Crippen molar-refractivity contribution in [1.29, 1.82) is 0 Å². The minimum absolute atomic E-state index is 0.114. The summed E-state index contributed by atoms with van der Waals surface area (Å²) in [6.45, 7) is 2.03. The Bertz CT molecular complexity index is 1100. The first-order valence-corrected chi connectivity index (χ1v) is 9.32. The maximum absolute atomic E-state index is 13.3. The molecule has 26 heavy (non-hydrogen) atoms. The van der Waals surface area contributed by atoms with Gasteiger partial charge in [0.25, 0.3) is 5.91 Å². The summed E-state index contributed by atoms with van der Waals surface area (Å²) in [6.07, 6.45) is 0.720. The number of nitrogens with zero attached hydrogens (tertiary/aromatic N) is 1. The number of hydrogen-bond donors (Lipinski definition) is 2. The number of carbonyl (C=O) groups is 2. The number of aromatic amines is 1. The van der Waals surface area contributed by atoms with Crippen LogP contribution >= 0.6 is 15.9 Å². The lowest BCUT2D eigenvalue weighted by molar-refractivity contribution is -0.142. The van der Waals surface area contributed by atoms with Crippen molar-refractivity contribution < 1.29 is 9.59 Å². The number of nitrogens with one attached hydrogen (secondary N) is 2. The van der Waals surface area contributed by atoms with Crippen LogP contribution in [-0.4, -0.2) is 28.2 Å². The normalized spacial score (nSPS) is 21.0. The number of hydrogen-bond acceptors (Lipinski definition) is 2. The number of H-pyrrole nitrogens is 1. The summed E-state index contributed by atoms with van der Waals surface area (Å²) in [6, 6.07) is 13.7. The Morgan fingerprint density at radius 2 is 2.04 bits per heavy atom. The van der Waals surface area contributed by atoms with Crippen molar-refractivity contribution in [3.05, 3.63) is 63.8 Å². The molecule has 5 nitrogen and oxygen atoms in total. The summed E-state index contributed by atoms with van der Waals surface area (Å²) < 4.78 is 0.874. The molecule has 3 heterocycles. The van der Waals surface area contributed by atoms with E-state index in [-0.39, 0.29) is 11.8 Å². The van der Waals surface area contributed by atoms with Gasteiger partial charge in [0.1, 0.15) is 0 Å². The molecule has 0 fully saturated rings. The number of halogens is 1. The fourth-order valence-corrected chi connectivity index (χ4v) is 4.83. The van der Waals surface area contributed by atoms with Crippen LogP contribution in [0.1, 0.15) is 23.7 Å². The lowest BCUT2D eigenvalue weighted by Gasteiger charge is -2.42. The Morgan fingerprint density at radius 3 is 2.85 bits per heavy atom. The number of aromatic nitrogens is 1. The molecule has 2 aliphatic heterocycles. The predicted molar refractivity (Wildman–Crippen MR) is 103 cm³/mol. The van der Waals surface area contributed by atoms with Crippen molar-refractivity contribution in [3.8, 4) is 0 Å². The monoisotopic (exact) mass is 409 g/mol. The first kappa shape index (κ1) is 15.6. The van der Waals surface area contributed by atoms with Gasteiger partial charge in [0.2, 0.25) is 5.91 Å². The first-order chi connectivity index (χ1) is 12.5. The van der Waals surface area contributed by atoms with Gasteiger partial charge in [-0.25, -0.2) is 0 Å². The first-order valence-electron chi connectivity index (χ1n) is 8.53. The molecular weight excluding hydrogens is 394 g/mol. The molecule has 2 N–H and O–H groups in total. The Morgan fingerprint density at radius 1 is 1.23 bits per heavy atom. The van der Waals surface area contributed by atoms with E-state index in [2.05, 4.69) is 32.3 Å². The highest BCUT2D eigenvalue weighted by Gasteiger charge is 2.57. The number of fused-ring (bicyclic) bond motifs is 6. The Balaban J connectivity index is 1.91. The van der Waals surface area contributed by atoms with E-state index in [9.17, 15) is 9.59 Å². The third kappa shape index (κ3) is 1.80. The molecule has 0 radical (unpaired) electrons. The maximum atomic E-state index is 13.3. The summed E-state index contributed by atoms with van der Waals surface area (Å²) in [4.78, 5) is 31.0. The lowest BCUT2D eigenvalue weighted by Crippen LogP contribution is -2.57. The molecule has 2 aromatic carbocycles. The third-order valence-corrected chi connectivity index (χ3v) is 5.99. The molecule has 0 saturated heterocycles. The van der Waals surface area contributed by atoms with E-state index < -0.39 is 5.54 Å². The molecule has 0 aliphatic carbocycles. The Kier molecular flexibility index (Phi) is 3.13. The number of anilines is 1. The second-order valence-electron chi connectivity index (χ2n) is 6.80. The molecule has 3 aromatic rings. The Hall–Kier alpha value is -2.60. The molecule has 2 aliphatic rings. The highest BCUT2D eigenvalue weighted by atomic mass is 79.9. The number of carbonyl (C=O) groups excluding carboxylic acids is 2. The van der Waals surface area contributed by atoms with E-state index in [4.69, 9.17) is 0 Å². The number of amides is 2. The largest absolute Gasteiger partial charge is 0.355 e. The van der Waals surface area contributed by atoms with Gasteiger partial charge in [0.05, 0.1) is 5.69 Å². The number of benzene rings is 2. The maximum Gasteiger partial charge on any atom is 0.261 e. The molecule has 5 rings (SSSR count). The minimum Gasteiger partial charge on any atom is -0.355 e. The molecule has 6 heteroatoms. The summed E-state index contributed by atoms with van der Waals surface area (Å²) in [7, 11) is 0. The number of para-hydroxylation sites is 1. The van der Waals surface area contributed by atoms with E-state index in [1.54, 1.807) is 4.90 Å². The van der Waals surface area contributed by atoms with Crippen molar-refractivity contribution in [2.45, 2.75) is 18.9 Å². The van der Waals surface area contributed by atoms with Gasteiger partial charge in [-0.2, -0.15) is 0 Å². The Labute approximate surface area is 158 Å². The predicted octanol–water partition coefficient (Wildman–Crippen LogP) is 3.53. The van der Waals surface area contributed by atoms with Gasteiger partial charge in [-0.1, -0.05) is 34.1 Å². The summed E-state index contributed by atoms with van der Waals surface area (Å²) in [5.74, 6) is -0.300. The topological polar surface area (TPSA) is 65.2 Å². The summed E-state index contributed by atoms with van der Waals surface area (Å²) in [5.41, 5.74) is 3.29. The van der Waals surface area contributed by atoms with Gasteiger partial charge in [0, 0.05) is 40.1 Å². The van der Waals surface area contributed by atoms with E-state index >= 15 is 0 Å². The molecule has 130 valence electrons. The fourth-order valence-electron chi connectivity index (χ4n) is 4.46. The highest BCUT2D eigenvalue weighted by molar-refractivity contribution is 9.10. The van der Waals surface area contributed by atoms with Gasteiger partial charge in [-0.15, -0.1) is 0 Å². The van der Waals surface area contributed by atoms with Crippen LogP contribution in [0.15, 0.2) is 46.9 Å². The van der Waals surface area contributed by atoms with Crippen molar-refractivity contribution >= 4 is 44.3 Å². The van der Waals surface area contributed by atoms with Crippen molar-refractivity contribution in [2.75, 3.05) is 11.9 Å². The van der Waals surface area contributed by atoms with Crippen molar-refractivity contribution in [1.82, 2.24) is 9.88 Å². The smallest absolute Gasteiger partial charge is 0.261 e. The average Bonchev–Trinajstić information content (AvgIpc) is 3.13. The van der Waals surface area contributed by atoms with Crippen LogP contribution < -0.4 is 5.32 Å². The molecule has 2 amide bonds. The quantitative estimate of drug-likeness (QED) is 0.596. The van der Waals surface area contributed by atoms with E-state index in [0.717, 1.165) is 44.3 Å². The molecule has 0 saturated carbocycles. The van der Waals surface area contributed by atoms with Gasteiger partial charge in [0.15, 0.2) is 5.54 Å². The molecule has 1 aromatic heterocycles. The van der Waals surface area contributed by atoms with Gasteiger partial charge in [-0.3, -0.25) is 9.59 Å². The van der Waals surface area contributed by atoms with Crippen LogP contribution in [0.2, 0.25) is 0 Å². The molecule has 0 unspecified atom stereocenters. The summed E-state index contributed by atoms with van der Waals surface area (Å²) in [5, 5.41) is 4.09. The van der Waals surface area contributed by atoms with Gasteiger partial charge >= 0.3 is 0 Å². The standard InChI is InChI=1S/C20H16BrN3O2/c1-11(25)24-9-8-14-13-4-2-3-5-16(13)22-18(14)20(24)15-10-12(21)6-7-17(15)23-19(20)26/h2-7,10,22H,8-9H2,1H3,(H,23,26)/t20-/m1/s1. The fraction of sp³-hybridized carbons (Fsp3) is 0.200. The van der Waals surface area contributed by atoms with Crippen LogP contribution in [0.5, 0.6) is 0 Å². The number of rotatable bonds is 0. The van der Waals surface area contributed by atoms with E-state index in [0.29, 0.717) is 6.54 Å². The second-order valence-corrected chi connectivity index (χ2v) is 7.71. The minimum atomic E-state index is -1.16. The van der Waals surface area contributed by atoms with Crippen LogP contribution in [-0.2, 0) is 21.5 Å². The van der Waals surface area contributed by atoms with Crippen LogP contribution in [0.3, 0.4) is 0 Å². The lowest BCUT2D eigenvalue weighted by atomic mass is 9.80. The average molecular weight is 410 g/mol. The van der Waals surface area contributed by atoms with Crippen molar-refractivity contribution in [3.63, 3.8) is 0 Å². The molecule has 0 bridgehead atoms. The zero-order valence-corrected chi connectivity index (χ0v) is 15.7. The van der Waals surface area contributed by atoms with Gasteiger partial charge in [-0.05, 0) is 36.2 Å². The zero-order valence-electron chi connectivity index (χ0n) is 14.1.